The predicted molar refractivity (Wildman–Crippen MR) is 119 cm³/mol. The van der Waals surface area contributed by atoms with E-state index in [1.165, 1.54) is 0 Å². The Hall–Kier alpha value is -2.34. The molecule has 2 rings (SSSR count). The first kappa shape index (κ1) is 22.9. The van der Waals surface area contributed by atoms with Gasteiger partial charge >= 0.3 is 0 Å². The van der Waals surface area contributed by atoms with Crippen molar-refractivity contribution in [3.8, 4) is 5.75 Å². The number of amides is 2. The zero-order valence-corrected chi connectivity index (χ0v) is 18.7. The second-order valence-corrected chi connectivity index (χ2v) is 7.80. The molecule has 0 aliphatic rings. The second-order valence-electron chi connectivity index (χ2n) is 6.88. The molecule has 0 heterocycles. The third kappa shape index (κ3) is 7.89. The number of carbonyl (C=O) groups excluding carboxylic acids is 2. The molecule has 29 heavy (non-hydrogen) atoms. The van der Waals surface area contributed by atoms with E-state index in [1.807, 2.05) is 61.5 Å². The number of hydrogen-bond acceptors (Lipinski definition) is 3. The summed E-state index contributed by atoms with van der Waals surface area (Å²) in [7, 11) is 0. The van der Waals surface area contributed by atoms with E-state index in [0.29, 0.717) is 32.5 Å². The second kappa shape index (κ2) is 12.3. The topological polar surface area (TPSA) is 58.6 Å². The highest BCUT2D eigenvalue weighted by molar-refractivity contribution is 9.10. The summed E-state index contributed by atoms with van der Waals surface area (Å²) >= 11 is 3.42. The highest BCUT2D eigenvalue weighted by Crippen LogP contribution is 2.16. The van der Waals surface area contributed by atoms with E-state index in [1.54, 1.807) is 11.8 Å². The molecule has 2 aromatic carbocycles. The molecular formula is C23H29BrN2O3. The molecule has 0 aromatic heterocycles. The van der Waals surface area contributed by atoms with Crippen LogP contribution in [0.1, 0.15) is 38.7 Å². The van der Waals surface area contributed by atoms with Crippen molar-refractivity contribution in [1.82, 2.24) is 10.2 Å². The van der Waals surface area contributed by atoms with Crippen LogP contribution in [0.3, 0.4) is 0 Å². The monoisotopic (exact) mass is 460 g/mol. The molecule has 0 saturated carbocycles. The Kier molecular flexibility index (Phi) is 9.71. The van der Waals surface area contributed by atoms with E-state index in [-0.39, 0.29) is 11.8 Å². The molecule has 0 aliphatic carbocycles. The van der Waals surface area contributed by atoms with Crippen LogP contribution in [0, 0.1) is 0 Å². The van der Waals surface area contributed by atoms with E-state index in [2.05, 4.69) is 21.2 Å². The minimum absolute atomic E-state index is 0.0521. The van der Waals surface area contributed by atoms with Crippen LogP contribution in [0.5, 0.6) is 5.75 Å². The van der Waals surface area contributed by atoms with Crippen molar-refractivity contribution >= 4 is 27.7 Å². The fourth-order valence-electron chi connectivity index (χ4n) is 2.84. The normalized spacial score (nSPS) is 11.6. The number of carbonyl (C=O) groups is 2. The molecule has 0 bridgehead atoms. The molecule has 0 spiro atoms. The van der Waals surface area contributed by atoms with Gasteiger partial charge in [0, 0.05) is 24.0 Å². The van der Waals surface area contributed by atoms with Crippen LogP contribution >= 0.6 is 15.9 Å². The fraction of sp³-hybridized carbons (Fsp3) is 0.391. The van der Waals surface area contributed by atoms with Gasteiger partial charge in [-0.05, 0) is 49.6 Å². The molecule has 0 fully saturated rings. The van der Waals surface area contributed by atoms with Crippen molar-refractivity contribution in [2.24, 2.45) is 0 Å². The Morgan fingerprint density at radius 3 is 2.45 bits per heavy atom. The van der Waals surface area contributed by atoms with Gasteiger partial charge in [-0.3, -0.25) is 9.59 Å². The lowest BCUT2D eigenvalue weighted by molar-refractivity contribution is -0.140. The molecule has 0 saturated heterocycles. The van der Waals surface area contributed by atoms with Crippen LogP contribution < -0.4 is 10.1 Å². The lowest BCUT2D eigenvalue weighted by atomic mass is 10.1. The molecule has 0 unspecified atom stereocenters. The van der Waals surface area contributed by atoms with Gasteiger partial charge in [0.05, 0.1) is 6.61 Å². The van der Waals surface area contributed by atoms with Crippen LogP contribution in [0.4, 0.5) is 0 Å². The molecule has 1 atom stereocenters. The summed E-state index contributed by atoms with van der Waals surface area (Å²) < 4.78 is 6.65. The number of para-hydroxylation sites is 1. The van der Waals surface area contributed by atoms with E-state index in [9.17, 15) is 9.59 Å². The largest absolute Gasteiger partial charge is 0.494 e. The van der Waals surface area contributed by atoms with Crippen LogP contribution in [-0.2, 0) is 16.1 Å². The summed E-state index contributed by atoms with van der Waals surface area (Å²) in [5, 5.41) is 2.89. The first-order chi connectivity index (χ1) is 14.0. The van der Waals surface area contributed by atoms with Crippen LogP contribution in [0.2, 0.25) is 0 Å². The summed E-state index contributed by atoms with van der Waals surface area (Å²) in [5.74, 6) is 0.612. The third-order valence-corrected chi connectivity index (χ3v) is 5.06. The summed E-state index contributed by atoms with van der Waals surface area (Å²) in [6.45, 7) is 5.24. The quantitative estimate of drug-likeness (QED) is 0.500. The van der Waals surface area contributed by atoms with Gasteiger partial charge in [0.1, 0.15) is 11.8 Å². The molecular weight excluding hydrogens is 432 g/mol. The van der Waals surface area contributed by atoms with Crippen molar-refractivity contribution in [3.63, 3.8) is 0 Å². The van der Waals surface area contributed by atoms with Crippen molar-refractivity contribution < 1.29 is 14.3 Å². The minimum Gasteiger partial charge on any atom is -0.494 e. The summed E-state index contributed by atoms with van der Waals surface area (Å²) in [5.41, 5.74) is 0.984. The van der Waals surface area contributed by atoms with Crippen molar-refractivity contribution in [2.45, 2.75) is 45.7 Å². The molecule has 5 nitrogen and oxygen atoms in total. The smallest absolute Gasteiger partial charge is 0.242 e. The van der Waals surface area contributed by atoms with Gasteiger partial charge in [-0.2, -0.15) is 0 Å². The van der Waals surface area contributed by atoms with Gasteiger partial charge in [-0.25, -0.2) is 0 Å². The summed E-state index contributed by atoms with van der Waals surface area (Å²) in [6.07, 6.45) is 1.78. The number of nitrogens with zero attached hydrogens (tertiary/aromatic N) is 1. The highest BCUT2D eigenvalue weighted by Gasteiger charge is 2.25. The minimum atomic E-state index is -0.535. The van der Waals surface area contributed by atoms with E-state index < -0.39 is 6.04 Å². The molecule has 0 radical (unpaired) electrons. The van der Waals surface area contributed by atoms with Gasteiger partial charge in [0.15, 0.2) is 0 Å². The Balaban J connectivity index is 1.97. The lowest BCUT2D eigenvalue weighted by Gasteiger charge is -2.29. The SMILES string of the molecule is CCCNC(=O)[C@@H](C)N(Cc1ccc(Br)cc1)C(=O)CCCOc1ccccc1. The third-order valence-electron chi connectivity index (χ3n) is 4.53. The molecule has 1 N–H and O–H groups in total. The number of benzene rings is 2. The maximum absolute atomic E-state index is 12.9. The molecule has 156 valence electrons. The van der Waals surface area contributed by atoms with Gasteiger partial charge in [0.25, 0.3) is 0 Å². The average Bonchev–Trinajstić information content (AvgIpc) is 2.74. The van der Waals surface area contributed by atoms with Crippen LogP contribution in [-0.4, -0.2) is 35.9 Å². The summed E-state index contributed by atoms with van der Waals surface area (Å²) in [4.78, 5) is 27.0. The number of hydrogen-bond donors (Lipinski definition) is 1. The van der Waals surface area contributed by atoms with Crippen molar-refractivity contribution in [2.75, 3.05) is 13.2 Å². The number of halogens is 1. The zero-order valence-electron chi connectivity index (χ0n) is 17.1. The maximum Gasteiger partial charge on any atom is 0.242 e. The van der Waals surface area contributed by atoms with Crippen LogP contribution in [0.25, 0.3) is 0 Å². The first-order valence-corrected chi connectivity index (χ1v) is 10.8. The molecule has 6 heteroatoms. The predicted octanol–water partition coefficient (Wildman–Crippen LogP) is 4.55. The van der Waals surface area contributed by atoms with Crippen LogP contribution in [0.15, 0.2) is 59.1 Å². The van der Waals surface area contributed by atoms with E-state index in [0.717, 1.165) is 22.2 Å². The zero-order chi connectivity index (χ0) is 21.1. The average molecular weight is 461 g/mol. The van der Waals surface area contributed by atoms with Gasteiger partial charge in [0.2, 0.25) is 11.8 Å². The molecule has 2 aromatic rings. The number of ether oxygens (including phenoxy) is 1. The fourth-order valence-corrected chi connectivity index (χ4v) is 3.10. The van der Waals surface area contributed by atoms with Gasteiger partial charge < -0.3 is 15.0 Å². The number of rotatable bonds is 11. The highest BCUT2D eigenvalue weighted by atomic mass is 79.9. The lowest BCUT2D eigenvalue weighted by Crippen LogP contribution is -2.47. The Bertz CT molecular complexity index is 765. The first-order valence-electron chi connectivity index (χ1n) is 10.0. The Morgan fingerprint density at radius 1 is 1.10 bits per heavy atom. The summed E-state index contributed by atoms with van der Waals surface area (Å²) in [6, 6.07) is 16.8. The Morgan fingerprint density at radius 2 is 1.79 bits per heavy atom. The van der Waals surface area contributed by atoms with Gasteiger partial charge in [-0.1, -0.05) is 53.2 Å². The standard InChI is InChI=1S/C23H29BrN2O3/c1-3-15-25-23(28)18(2)26(17-19-11-13-20(24)14-12-19)22(27)10-7-16-29-21-8-5-4-6-9-21/h4-6,8-9,11-14,18H,3,7,10,15-17H2,1-2H3,(H,25,28)/t18-/m1/s1. The van der Waals surface area contributed by atoms with Gasteiger partial charge in [-0.15, -0.1) is 0 Å². The molecule has 0 aliphatic heterocycles. The maximum atomic E-state index is 12.9. The van der Waals surface area contributed by atoms with E-state index >= 15 is 0 Å². The van der Waals surface area contributed by atoms with E-state index in [4.69, 9.17) is 4.74 Å². The van der Waals surface area contributed by atoms with Crippen molar-refractivity contribution in [3.05, 3.63) is 64.6 Å². The number of nitrogens with one attached hydrogen (secondary N) is 1. The van der Waals surface area contributed by atoms with Crippen molar-refractivity contribution in [1.29, 1.82) is 0 Å². The Labute approximate surface area is 181 Å². The molecule has 2 amide bonds.